The van der Waals surface area contributed by atoms with Crippen molar-refractivity contribution in [2.75, 3.05) is 11.9 Å². The number of benzene rings is 2. The summed E-state index contributed by atoms with van der Waals surface area (Å²) in [6.07, 6.45) is 2.47. The van der Waals surface area contributed by atoms with Gasteiger partial charge in [-0.2, -0.15) is 0 Å². The molecule has 1 aliphatic rings. The maximum absolute atomic E-state index is 13.1. The highest BCUT2D eigenvalue weighted by molar-refractivity contribution is 6.01. The van der Waals surface area contributed by atoms with E-state index >= 15 is 0 Å². The van der Waals surface area contributed by atoms with E-state index in [2.05, 4.69) is 15.5 Å². The molecule has 0 aliphatic carbocycles. The number of carbonyl (C=O) groups excluding carboxylic acids is 3. The molecule has 2 aromatic carbocycles. The van der Waals surface area contributed by atoms with Crippen molar-refractivity contribution in [3.63, 3.8) is 0 Å². The summed E-state index contributed by atoms with van der Waals surface area (Å²) in [5.41, 5.74) is 7.69. The molecule has 1 aliphatic heterocycles. The molecule has 7 heteroatoms. The number of amides is 3. The summed E-state index contributed by atoms with van der Waals surface area (Å²) in [6, 6.07) is 15.6. The van der Waals surface area contributed by atoms with Crippen molar-refractivity contribution in [2.24, 2.45) is 11.7 Å². The molecule has 7 nitrogen and oxygen atoms in total. The fourth-order valence-corrected chi connectivity index (χ4v) is 4.06. The van der Waals surface area contributed by atoms with Crippen molar-refractivity contribution in [3.8, 4) is 0 Å². The smallest absolute Gasteiger partial charge is 0.251 e. The van der Waals surface area contributed by atoms with Crippen LogP contribution in [0.15, 0.2) is 54.6 Å². The van der Waals surface area contributed by atoms with Crippen molar-refractivity contribution in [1.29, 1.82) is 0 Å². The van der Waals surface area contributed by atoms with Crippen molar-refractivity contribution in [2.45, 2.75) is 51.7 Å². The second-order valence-corrected chi connectivity index (χ2v) is 8.42. The molecule has 0 saturated carbocycles. The number of nitrogens with zero attached hydrogens (tertiary/aromatic N) is 1. The van der Waals surface area contributed by atoms with Crippen LogP contribution in [-0.4, -0.2) is 41.2 Å². The van der Waals surface area contributed by atoms with Crippen LogP contribution in [0.5, 0.6) is 0 Å². The summed E-state index contributed by atoms with van der Waals surface area (Å²) in [4.78, 5) is 39.4. The second-order valence-electron chi connectivity index (χ2n) is 8.42. The number of hydrogen-bond acceptors (Lipinski definition) is 4. The number of likely N-dealkylation sites (tertiary alicyclic amines) is 1. The zero-order valence-corrected chi connectivity index (χ0v) is 18.7. The van der Waals surface area contributed by atoms with Gasteiger partial charge in [-0.25, -0.2) is 0 Å². The predicted molar refractivity (Wildman–Crippen MR) is 125 cm³/mol. The summed E-state index contributed by atoms with van der Waals surface area (Å²) >= 11 is 0. The highest BCUT2D eigenvalue weighted by atomic mass is 16.2. The van der Waals surface area contributed by atoms with E-state index in [-0.39, 0.29) is 29.7 Å². The van der Waals surface area contributed by atoms with Gasteiger partial charge in [-0.05, 0) is 55.1 Å². The number of rotatable bonds is 9. The first kappa shape index (κ1) is 23.5. The first-order valence-corrected chi connectivity index (χ1v) is 11.2. The van der Waals surface area contributed by atoms with Crippen molar-refractivity contribution in [1.82, 2.24) is 10.2 Å². The second kappa shape index (κ2) is 10.9. The van der Waals surface area contributed by atoms with E-state index in [9.17, 15) is 14.4 Å². The van der Waals surface area contributed by atoms with Gasteiger partial charge < -0.3 is 16.4 Å². The Hall–Kier alpha value is -3.19. The van der Waals surface area contributed by atoms with Crippen LogP contribution in [0.3, 0.4) is 0 Å². The summed E-state index contributed by atoms with van der Waals surface area (Å²) in [6.45, 7) is 5.36. The van der Waals surface area contributed by atoms with Gasteiger partial charge in [-0.15, -0.1) is 0 Å². The van der Waals surface area contributed by atoms with Crippen LogP contribution in [0.2, 0.25) is 0 Å². The molecule has 3 atom stereocenters. The normalized spacial score (nSPS) is 18.0. The maximum Gasteiger partial charge on any atom is 0.251 e. The minimum atomic E-state index is -0.658. The molecule has 32 heavy (non-hydrogen) atoms. The Morgan fingerprint density at radius 1 is 1.12 bits per heavy atom. The molecule has 0 radical (unpaired) electrons. The van der Waals surface area contributed by atoms with Gasteiger partial charge in [0.2, 0.25) is 11.8 Å². The number of nitrogens with one attached hydrogen (secondary N) is 2. The van der Waals surface area contributed by atoms with Crippen LogP contribution >= 0.6 is 0 Å². The van der Waals surface area contributed by atoms with Crippen LogP contribution < -0.4 is 16.4 Å². The Morgan fingerprint density at radius 3 is 2.56 bits per heavy atom. The van der Waals surface area contributed by atoms with E-state index in [0.717, 1.165) is 31.4 Å². The summed E-state index contributed by atoms with van der Waals surface area (Å²) < 4.78 is 0. The molecule has 0 bridgehead atoms. The summed E-state index contributed by atoms with van der Waals surface area (Å²) in [5.74, 6) is -0.854. The lowest BCUT2D eigenvalue weighted by Gasteiger charge is -2.24. The third-order valence-electron chi connectivity index (χ3n) is 6.09. The largest absolute Gasteiger partial charge is 0.368 e. The maximum atomic E-state index is 13.1. The van der Waals surface area contributed by atoms with Gasteiger partial charge in [0.05, 0.1) is 6.04 Å². The molecular formula is C25H32N4O3. The Balaban J connectivity index is 1.68. The lowest BCUT2D eigenvalue weighted by Crippen LogP contribution is -2.47. The molecule has 170 valence electrons. The van der Waals surface area contributed by atoms with E-state index in [1.807, 2.05) is 44.2 Å². The van der Waals surface area contributed by atoms with Gasteiger partial charge in [-0.1, -0.05) is 50.6 Å². The zero-order valence-electron chi connectivity index (χ0n) is 18.7. The van der Waals surface area contributed by atoms with Crippen molar-refractivity contribution in [3.05, 3.63) is 65.7 Å². The van der Waals surface area contributed by atoms with Gasteiger partial charge >= 0.3 is 0 Å². The van der Waals surface area contributed by atoms with E-state index in [4.69, 9.17) is 5.73 Å². The molecule has 4 N–H and O–H groups in total. The first-order chi connectivity index (χ1) is 15.4. The lowest BCUT2D eigenvalue weighted by atomic mass is 9.97. The molecule has 1 heterocycles. The fraction of sp³-hybridized carbons (Fsp3) is 0.400. The first-order valence-electron chi connectivity index (χ1n) is 11.2. The predicted octanol–water partition coefficient (Wildman–Crippen LogP) is 2.92. The van der Waals surface area contributed by atoms with Gasteiger partial charge in [0.1, 0.15) is 6.04 Å². The molecular weight excluding hydrogens is 404 g/mol. The molecule has 0 aromatic heterocycles. The molecule has 3 rings (SSSR count). The van der Waals surface area contributed by atoms with Gasteiger partial charge in [0.25, 0.3) is 5.91 Å². The molecule has 2 aromatic rings. The van der Waals surface area contributed by atoms with Crippen LogP contribution in [0.1, 0.15) is 49.0 Å². The standard InChI is InChI=1S/C25H32N4O3/c1-3-17(2)22(28-24(31)19-10-5-4-6-11-19)25(32)27-20-12-7-9-18(15-20)16-29-14-8-13-21(29)23(26)30/h4-7,9-12,15,17,21-22H,3,8,13-14,16H2,1-2H3,(H2,26,30)(H,27,32)(H,28,31). The number of anilines is 1. The van der Waals surface area contributed by atoms with Crippen molar-refractivity contribution >= 4 is 23.4 Å². The molecule has 1 fully saturated rings. The number of primary amides is 1. The zero-order chi connectivity index (χ0) is 23.1. The van der Waals surface area contributed by atoms with Crippen LogP contribution in [0.25, 0.3) is 0 Å². The van der Waals surface area contributed by atoms with Gasteiger partial charge in [0, 0.05) is 17.8 Å². The lowest BCUT2D eigenvalue weighted by molar-refractivity contribution is -0.122. The highest BCUT2D eigenvalue weighted by Crippen LogP contribution is 2.21. The highest BCUT2D eigenvalue weighted by Gasteiger charge is 2.29. The molecule has 3 amide bonds. The third-order valence-corrected chi connectivity index (χ3v) is 6.09. The summed E-state index contributed by atoms with van der Waals surface area (Å²) in [5, 5.41) is 5.83. The monoisotopic (exact) mass is 436 g/mol. The molecule has 3 unspecified atom stereocenters. The third kappa shape index (κ3) is 5.95. The van der Waals surface area contributed by atoms with E-state index in [1.165, 1.54) is 0 Å². The van der Waals surface area contributed by atoms with Crippen LogP contribution in [0.4, 0.5) is 5.69 Å². The average Bonchev–Trinajstić information content (AvgIpc) is 3.26. The minimum Gasteiger partial charge on any atom is -0.368 e. The Labute approximate surface area is 189 Å². The Morgan fingerprint density at radius 2 is 1.88 bits per heavy atom. The number of carbonyl (C=O) groups is 3. The quantitative estimate of drug-likeness (QED) is 0.562. The Kier molecular flexibility index (Phi) is 8.00. The van der Waals surface area contributed by atoms with Crippen LogP contribution in [0, 0.1) is 5.92 Å². The SMILES string of the molecule is CCC(C)C(NC(=O)c1ccccc1)C(=O)Nc1cccc(CN2CCCC2C(N)=O)c1. The molecule has 0 spiro atoms. The van der Waals surface area contributed by atoms with Crippen molar-refractivity contribution < 1.29 is 14.4 Å². The van der Waals surface area contributed by atoms with E-state index < -0.39 is 6.04 Å². The van der Waals surface area contributed by atoms with Crippen LogP contribution in [-0.2, 0) is 16.1 Å². The topological polar surface area (TPSA) is 105 Å². The average molecular weight is 437 g/mol. The van der Waals surface area contributed by atoms with Gasteiger partial charge in [0.15, 0.2) is 0 Å². The molecule has 1 saturated heterocycles. The van der Waals surface area contributed by atoms with E-state index in [1.54, 1.807) is 24.3 Å². The van der Waals surface area contributed by atoms with Gasteiger partial charge in [-0.3, -0.25) is 19.3 Å². The number of hydrogen-bond donors (Lipinski definition) is 3. The summed E-state index contributed by atoms with van der Waals surface area (Å²) in [7, 11) is 0. The number of nitrogens with two attached hydrogens (primary N) is 1. The van der Waals surface area contributed by atoms with E-state index in [0.29, 0.717) is 17.8 Å². The fourth-order valence-electron chi connectivity index (χ4n) is 4.06. The Bertz CT molecular complexity index is 947. The minimum absolute atomic E-state index is 0.0354.